The van der Waals surface area contributed by atoms with Crippen molar-refractivity contribution >= 4 is 5.91 Å². The smallest absolute Gasteiger partial charge is 0.286 e. The van der Waals surface area contributed by atoms with Gasteiger partial charge in [-0.25, -0.2) is 4.57 Å². The van der Waals surface area contributed by atoms with Crippen LogP contribution in [0.25, 0.3) is 0 Å². The van der Waals surface area contributed by atoms with Crippen LogP contribution in [-0.2, 0) is 11.3 Å². The molecule has 0 aliphatic rings. The average molecular weight is 138 g/mol. The van der Waals surface area contributed by atoms with Gasteiger partial charge in [0.1, 0.15) is 6.20 Å². The summed E-state index contributed by atoms with van der Waals surface area (Å²) >= 11 is 0. The molecule has 1 heterocycles. The molecule has 1 aromatic heterocycles. The molecule has 52 valence electrons. The molecule has 1 aromatic rings. The van der Waals surface area contributed by atoms with Gasteiger partial charge in [0.2, 0.25) is 0 Å². The van der Waals surface area contributed by atoms with Gasteiger partial charge in [0.15, 0.2) is 6.54 Å². The second kappa shape index (κ2) is 2.91. The van der Waals surface area contributed by atoms with Gasteiger partial charge in [-0.3, -0.25) is 4.79 Å². The second-order valence-corrected chi connectivity index (χ2v) is 1.89. The summed E-state index contributed by atoms with van der Waals surface area (Å²) in [5, 5.41) is 0. The van der Waals surface area contributed by atoms with E-state index in [-0.39, 0.29) is 12.5 Å². The van der Waals surface area contributed by atoms with E-state index in [0.29, 0.717) is 0 Å². The van der Waals surface area contributed by atoms with E-state index in [9.17, 15) is 4.79 Å². The molecule has 1 amide bonds. The van der Waals surface area contributed by atoms with Crippen molar-refractivity contribution in [2.45, 2.75) is 6.54 Å². The van der Waals surface area contributed by atoms with E-state index < -0.39 is 0 Å². The van der Waals surface area contributed by atoms with Crippen molar-refractivity contribution < 1.29 is 9.36 Å². The number of amides is 1. The molecule has 0 bridgehead atoms. The summed E-state index contributed by atoms with van der Waals surface area (Å²) in [5.74, 6) is -0.363. The predicted octanol–water partition coefficient (Wildman–Crippen LogP) is -1.15. The first-order valence-electron chi connectivity index (χ1n) is 2.86. The Bertz CT molecular complexity index is 222. The minimum absolute atomic E-state index is 0.188. The Balaban J connectivity index is 2.67. The van der Waals surface area contributed by atoms with E-state index in [4.69, 9.17) is 5.73 Å². The SMILES string of the molecule is NC(=O)C[n+]1cccnc1. The first-order valence-corrected chi connectivity index (χ1v) is 2.86. The number of hydrogen-bond acceptors (Lipinski definition) is 2. The van der Waals surface area contributed by atoms with Crippen LogP contribution in [0.4, 0.5) is 0 Å². The highest BCUT2D eigenvalue weighted by Gasteiger charge is 1.98. The normalized spacial score (nSPS) is 9.20. The van der Waals surface area contributed by atoms with Gasteiger partial charge in [-0.2, -0.15) is 0 Å². The average Bonchev–Trinajstić information content (AvgIpc) is 1.88. The molecule has 2 N–H and O–H groups in total. The third kappa shape index (κ3) is 1.81. The highest BCUT2D eigenvalue weighted by molar-refractivity contribution is 5.71. The Morgan fingerprint density at radius 1 is 1.70 bits per heavy atom. The topological polar surface area (TPSA) is 59.9 Å². The van der Waals surface area contributed by atoms with Gasteiger partial charge in [-0.15, -0.1) is 0 Å². The minimum Gasteiger partial charge on any atom is -0.366 e. The van der Waals surface area contributed by atoms with Crippen LogP contribution in [0.3, 0.4) is 0 Å². The molecule has 0 aromatic carbocycles. The Morgan fingerprint density at radius 2 is 2.50 bits per heavy atom. The molecule has 4 heteroatoms. The summed E-state index contributed by atoms with van der Waals surface area (Å²) in [6, 6.07) is 1.74. The van der Waals surface area contributed by atoms with Crippen LogP contribution in [0, 0.1) is 0 Å². The first-order chi connectivity index (χ1) is 4.79. The molecule has 0 saturated carbocycles. The number of aromatic nitrogens is 2. The molecular weight excluding hydrogens is 130 g/mol. The standard InChI is InChI=1S/C6H7N3O/c7-6(10)4-9-3-1-2-8-5-9/h1-3,5H,4H2,(H-,7,10)/p+1. The zero-order chi connectivity index (χ0) is 7.40. The maximum absolute atomic E-state index is 10.3. The fourth-order valence-corrected chi connectivity index (χ4v) is 0.635. The molecule has 0 atom stereocenters. The van der Waals surface area contributed by atoms with Crippen molar-refractivity contribution in [2.24, 2.45) is 5.73 Å². The Morgan fingerprint density at radius 3 is 3.00 bits per heavy atom. The van der Waals surface area contributed by atoms with Crippen LogP contribution in [0.15, 0.2) is 24.8 Å². The number of carbonyl (C=O) groups is 1. The van der Waals surface area contributed by atoms with Crippen LogP contribution in [0.2, 0.25) is 0 Å². The maximum Gasteiger partial charge on any atom is 0.286 e. The van der Waals surface area contributed by atoms with Crippen molar-refractivity contribution in [3.63, 3.8) is 0 Å². The van der Waals surface area contributed by atoms with Crippen molar-refractivity contribution in [3.05, 3.63) is 24.8 Å². The first kappa shape index (κ1) is 6.67. The van der Waals surface area contributed by atoms with Gasteiger partial charge in [-0.1, -0.05) is 4.98 Å². The summed E-state index contributed by atoms with van der Waals surface area (Å²) < 4.78 is 1.61. The third-order valence-corrected chi connectivity index (χ3v) is 1.00. The van der Waals surface area contributed by atoms with Crippen LogP contribution in [0.5, 0.6) is 0 Å². The van der Waals surface area contributed by atoms with Crippen LogP contribution in [-0.4, -0.2) is 10.9 Å². The number of primary amides is 1. The second-order valence-electron chi connectivity index (χ2n) is 1.89. The Kier molecular flexibility index (Phi) is 1.94. The zero-order valence-corrected chi connectivity index (χ0v) is 5.40. The van der Waals surface area contributed by atoms with Crippen LogP contribution < -0.4 is 10.3 Å². The summed E-state index contributed by atoms with van der Waals surface area (Å²) in [5.41, 5.74) is 4.94. The molecular formula is C6H8N3O+. The molecule has 1 rings (SSSR count). The lowest BCUT2D eigenvalue weighted by molar-refractivity contribution is -0.687. The molecule has 0 aliphatic carbocycles. The van der Waals surface area contributed by atoms with Gasteiger partial charge in [0, 0.05) is 6.07 Å². The van der Waals surface area contributed by atoms with E-state index in [0.717, 1.165) is 0 Å². The summed E-state index contributed by atoms with van der Waals surface area (Å²) in [6.45, 7) is 0.188. The van der Waals surface area contributed by atoms with Crippen molar-refractivity contribution in [2.75, 3.05) is 0 Å². The Labute approximate surface area is 58.3 Å². The number of hydrogen-bond donors (Lipinski definition) is 1. The zero-order valence-electron chi connectivity index (χ0n) is 5.40. The van der Waals surface area contributed by atoms with Gasteiger partial charge >= 0.3 is 0 Å². The van der Waals surface area contributed by atoms with E-state index in [2.05, 4.69) is 4.98 Å². The lowest BCUT2D eigenvalue weighted by atomic mass is 10.5. The Hall–Kier alpha value is -1.45. The molecule has 4 nitrogen and oxygen atoms in total. The molecule has 0 fully saturated rings. The quantitative estimate of drug-likeness (QED) is 0.525. The van der Waals surface area contributed by atoms with Gasteiger partial charge in [0.25, 0.3) is 12.2 Å². The summed E-state index contributed by atoms with van der Waals surface area (Å²) in [4.78, 5) is 14.1. The molecule has 0 saturated heterocycles. The third-order valence-electron chi connectivity index (χ3n) is 1.00. The fourth-order valence-electron chi connectivity index (χ4n) is 0.635. The van der Waals surface area contributed by atoms with Crippen molar-refractivity contribution in [1.29, 1.82) is 0 Å². The van der Waals surface area contributed by atoms with E-state index in [1.165, 1.54) is 0 Å². The largest absolute Gasteiger partial charge is 0.366 e. The monoisotopic (exact) mass is 138 g/mol. The van der Waals surface area contributed by atoms with Gasteiger partial charge in [0.05, 0.1) is 6.20 Å². The summed E-state index contributed by atoms with van der Waals surface area (Å²) in [7, 11) is 0. The number of nitrogens with zero attached hydrogens (tertiary/aromatic N) is 2. The molecule has 0 spiro atoms. The van der Waals surface area contributed by atoms with Gasteiger partial charge < -0.3 is 5.73 Å². The maximum atomic E-state index is 10.3. The number of nitrogens with two attached hydrogens (primary N) is 1. The van der Waals surface area contributed by atoms with E-state index in [1.807, 2.05) is 0 Å². The van der Waals surface area contributed by atoms with Crippen LogP contribution in [0.1, 0.15) is 0 Å². The number of rotatable bonds is 2. The highest BCUT2D eigenvalue weighted by Crippen LogP contribution is 1.69. The molecule has 0 radical (unpaired) electrons. The number of carbonyl (C=O) groups excluding carboxylic acids is 1. The van der Waals surface area contributed by atoms with Crippen LogP contribution >= 0.6 is 0 Å². The highest BCUT2D eigenvalue weighted by atomic mass is 16.1. The summed E-state index contributed by atoms with van der Waals surface area (Å²) in [6.07, 6.45) is 4.92. The minimum atomic E-state index is -0.363. The van der Waals surface area contributed by atoms with Crippen molar-refractivity contribution in [1.82, 2.24) is 4.98 Å². The lowest BCUT2D eigenvalue weighted by Gasteiger charge is -1.90. The predicted molar refractivity (Wildman–Crippen MR) is 33.6 cm³/mol. The van der Waals surface area contributed by atoms with E-state index in [1.54, 1.807) is 29.4 Å². The lowest BCUT2D eigenvalue weighted by Crippen LogP contribution is -2.40. The molecule has 0 aliphatic heterocycles. The van der Waals surface area contributed by atoms with E-state index >= 15 is 0 Å². The van der Waals surface area contributed by atoms with Gasteiger partial charge in [-0.05, 0) is 0 Å². The molecule has 0 unspecified atom stereocenters. The van der Waals surface area contributed by atoms with Crippen molar-refractivity contribution in [3.8, 4) is 0 Å². The fraction of sp³-hybridized carbons (Fsp3) is 0.167. The molecule has 10 heavy (non-hydrogen) atoms.